The number of carbonyl (C=O) groups is 1. The first kappa shape index (κ1) is 19.8. The molecule has 1 aromatic carbocycles. The standard InChI is InChI=1S/C23H31FN2O/c1-17-15-21(20-16-18(24)13-14-22(20)25-17)23(27)26-19-11-9-7-5-3-2-4-6-8-10-12-19/h13-16,19H,2-12H2,1H3,(H,26,27). The highest BCUT2D eigenvalue weighted by molar-refractivity contribution is 6.06. The summed E-state index contributed by atoms with van der Waals surface area (Å²) in [6, 6.07) is 6.42. The molecule has 1 aliphatic carbocycles. The van der Waals surface area contributed by atoms with Gasteiger partial charge in [0.2, 0.25) is 0 Å². The molecule has 1 aromatic heterocycles. The second-order valence-corrected chi connectivity index (χ2v) is 7.90. The van der Waals surface area contributed by atoms with Crippen molar-refractivity contribution in [3.05, 3.63) is 41.3 Å². The normalized spacial score (nSPS) is 17.9. The zero-order valence-electron chi connectivity index (χ0n) is 16.4. The van der Waals surface area contributed by atoms with Gasteiger partial charge in [0.05, 0.1) is 11.1 Å². The van der Waals surface area contributed by atoms with Gasteiger partial charge >= 0.3 is 0 Å². The van der Waals surface area contributed by atoms with Crippen LogP contribution in [0.25, 0.3) is 10.9 Å². The minimum atomic E-state index is -0.340. The number of hydrogen-bond acceptors (Lipinski definition) is 2. The van der Waals surface area contributed by atoms with Gasteiger partial charge in [-0.2, -0.15) is 0 Å². The van der Waals surface area contributed by atoms with E-state index in [1.165, 1.54) is 57.1 Å². The molecule has 0 radical (unpaired) electrons. The second-order valence-electron chi connectivity index (χ2n) is 7.90. The Bertz CT molecular complexity index is 762. The van der Waals surface area contributed by atoms with Crippen LogP contribution in [-0.2, 0) is 0 Å². The van der Waals surface area contributed by atoms with E-state index in [0.717, 1.165) is 31.4 Å². The Morgan fingerprint density at radius 1 is 0.963 bits per heavy atom. The Hall–Kier alpha value is -1.97. The first-order chi connectivity index (χ1) is 13.1. The Morgan fingerprint density at radius 2 is 1.56 bits per heavy atom. The maximum absolute atomic E-state index is 13.7. The molecule has 0 bridgehead atoms. The van der Waals surface area contributed by atoms with Crippen molar-refractivity contribution in [3.8, 4) is 0 Å². The predicted octanol–water partition coefficient (Wildman–Crippen LogP) is 6.09. The fourth-order valence-electron chi connectivity index (χ4n) is 4.09. The third-order valence-electron chi connectivity index (χ3n) is 5.58. The highest BCUT2D eigenvalue weighted by Gasteiger charge is 2.17. The molecule has 0 spiro atoms. The lowest BCUT2D eigenvalue weighted by Crippen LogP contribution is -2.35. The zero-order chi connectivity index (χ0) is 19.1. The Labute approximate surface area is 161 Å². The quantitative estimate of drug-likeness (QED) is 0.695. The Morgan fingerprint density at radius 3 is 2.19 bits per heavy atom. The van der Waals surface area contributed by atoms with Crippen LogP contribution in [-0.4, -0.2) is 16.9 Å². The maximum Gasteiger partial charge on any atom is 0.252 e. The SMILES string of the molecule is Cc1cc(C(=O)NC2CCCCCCCCCCC2)c2cc(F)ccc2n1. The summed E-state index contributed by atoms with van der Waals surface area (Å²) >= 11 is 0. The van der Waals surface area contributed by atoms with Crippen LogP contribution in [0.4, 0.5) is 4.39 Å². The molecule has 1 N–H and O–H groups in total. The van der Waals surface area contributed by atoms with E-state index in [-0.39, 0.29) is 17.8 Å². The van der Waals surface area contributed by atoms with Crippen LogP contribution in [0.5, 0.6) is 0 Å². The predicted molar refractivity (Wildman–Crippen MR) is 108 cm³/mol. The summed E-state index contributed by atoms with van der Waals surface area (Å²) in [5, 5.41) is 3.83. The smallest absolute Gasteiger partial charge is 0.252 e. The fourth-order valence-corrected chi connectivity index (χ4v) is 4.09. The molecule has 1 saturated carbocycles. The summed E-state index contributed by atoms with van der Waals surface area (Å²) in [6.07, 6.45) is 13.5. The van der Waals surface area contributed by atoms with Crippen molar-refractivity contribution in [2.24, 2.45) is 0 Å². The molecule has 0 unspecified atom stereocenters. The van der Waals surface area contributed by atoms with E-state index in [4.69, 9.17) is 0 Å². The van der Waals surface area contributed by atoms with Gasteiger partial charge in [0.15, 0.2) is 0 Å². The minimum absolute atomic E-state index is 0.104. The van der Waals surface area contributed by atoms with E-state index in [1.54, 1.807) is 12.1 Å². The molecule has 2 aromatic rings. The Balaban J connectivity index is 1.74. The maximum atomic E-state index is 13.7. The molecule has 27 heavy (non-hydrogen) atoms. The zero-order valence-corrected chi connectivity index (χ0v) is 16.4. The fraction of sp³-hybridized carbons (Fsp3) is 0.565. The van der Waals surface area contributed by atoms with Gasteiger partial charge in [0.25, 0.3) is 5.91 Å². The molecule has 0 aliphatic heterocycles. The van der Waals surface area contributed by atoms with E-state index in [9.17, 15) is 9.18 Å². The molecule has 1 heterocycles. The van der Waals surface area contributed by atoms with Gasteiger partial charge in [-0.1, -0.05) is 57.8 Å². The number of pyridine rings is 1. The summed E-state index contributed by atoms with van der Waals surface area (Å²) in [5.74, 6) is -0.443. The van der Waals surface area contributed by atoms with Gasteiger partial charge < -0.3 is 5.32 Å². The average Bonchev–Trinajstić information content (AvgIpc) is 2.63. The first-order valence-electron chi connectivity index (χ1n) is 10.5. The monoisotopic (exact) mass is 370 g/mol. The largest absolute Gasteiger partial charge is 0.349 e. The van der Waals surface area contributed by atoms with E-state index in [1.807, 2.05) is 6.92 Å². The molecule has 1 fully saturated rings. The molecule has 3 nitrogen and oxygen atoms in total. The molecule has 146 valence electrons. The van der Waals surface area contributed by atoms with Crippen LogP contribution >= 0.6 is 0 Å². The number of carbonyl (C=O) groups excluding carboxylic acids is 1. The molecule has 0 atom stereocenters. The van der Waals surface area contributed by atoms with Crippen molar-refractivity contribution in [2.45, 2.75) is 83.6 Å². The number of nitrogens with one attached hydrogen (secondary N) is 1. The van der Waals surface area contributed by atoms with Gasteiger partial charge in [0.1, 0.15) is 5.82 Å². The van der Waals surface area contributed by atoms with Crippen molar-refractivity contribution in [1.29, 1.82) is 0 Å². The highest BCUT2D eigenvalue weighted by atomic mass is 19.1. The van der Waals surface area contributed by atoms with Crippen molar-refractivity contribution in [1.82, 2.24) is 10.3 Å². The summed E-state index contributed by atoms with van der Waals surface area (Å²) in [7, 11) is 0. The van der Waals surface area contributed by atoms with Gasteiger partial charge in [-0.05, 0) is 44.0 Å². The van der Waals surface area contributed by atoms with Gasteiger partial charge in [-0.15, -0.1) is 0 Å². The molecule has 0 saturated heterocycles. The van der Waals surface area contributed by atoms with Crippen LogP contribution < -0.4 is 5.32 Å². The van der Waals surface area contributed by atoms with Crippen molar-refractivity contribution in [2.75, 3.05) is 0 Å². The summed E-state index contributed by atoms with van der Waals surface area (Å²) in [6.45, 7) is 1.87. The van der Waals surface area contributed by atoms with Crippen LogP contribution in [0.1, 0.15) is 86.7 Å². The summed E-state index contributed by atoms with van der Waals surface area (Å²) < 4.78 is 13.7. The van der Waals surface area contributed by atoms with Crippen LogP contribution in [0.15, 0.2) is 24.3 Å². The van der Waals surface area contributed by atoms with Crippen LogP contribution in [0.3, 0.4) is 0 Å². The second kappa shape index (κ2) is 9.82. The number of rotatable bonds is 2. The number of nitrogens with zero attached hydrogens (tertiary/aromatic N) is 1. The lowest BCUT2D eigenvalue weighted by atomic mass is 9.97. The van der Waals surface area contributed by atoms with E-state index >= 15 is 0 Å². The van der Waals surface area contributed by atoms with Crippen molar-refractivity contribution in [3.63, 3.8) is 0 Å². The molecule has 4 heteroatoms. The molecule has 1 aliphatic rings. The van der Waals surface area contributed by atoms with Gasteiger partial charge in [-0.3, -0.25) is 9.78 Å². The number of aromatic nitrogens is 1. The molecular formula is C23H31FN2O. The summed E-state index contributed by atoms with van der Waals surface area (Å²) in [5.41, 5.74) is 1.97. The third kappa shape index (κ3) is 5.75. The van der Waals surface area contributed by atoms with Crippen molar-refractivity contribution < 1.29 is 9.18 Å². The molecular weight excluding hydrogens is 339 g/mol. The number of fused-ring (bicyclic) bond motifs is 1. The van der Waals surface area contributed by atoms with E-state index < -0.39 is 0 Å². The van der Waals surface area contributed by atoms with Crippen molar-refractivity contribution >= 4 is 16.8 Å². The molecule has 3 rings (SSSR count). The number of aryl methyl sites for hydroxylation is 1. The minimum Gasteiger partial charge on any atom is -0.349 e. The van der Waals surface area contributed by atoms with Gasteiger partial charge in [0, 0.05) is 17.1 Å². The summed E-state index contributed by atoms with van der Waals surface area (Å²) in [4.78, 5) is 17.4. The van der Waals surface area contributed by atoms with Crippen LogP contribution in [0, 0.1) is 12.7 Å². The number of halogens is 1. The number of amides is 1. The third-order valence-corrected chi connectivity index (χ3v) is 5.58. The van der Waals surface area contributed by atoms with E-state index in [0.29, 0.717) is 16.5 Å². The molecule has 1 amide bonds. The number of hydrogen-bond donors (Lipinski definition) is 1. The topological polar surface area (TPSA) is 42.0 Å². The van der Waals surface area contributed by atoms with E-state index in [2.05, 4.69) is 10.3 Å². The lowest BCUT2D eigenvalue weighted by Gasteiger charge is -2.20. The highest BCUT2D eigenvalue weighted by Crippen LogP contribution is 2.21. The number of benzene rings is 1. The Kier molecular flexibility index (Phi) is 7.19. The lowest BCUT2D eigenvalue weighted by molar-refractivity contribution is 0.0933. The van der Waals surface area contributed by atoms with Gasteiger partial charge in [-0.25, -0.2) is 4.39 Å². The average molecular weight is 371 g/mol. The van der Waals surface area contributed by atoms with Crippen LogP contribution in [0.2, 0.25) is 0 Å². The first-order valence-corrected chi connectivity index (χ1v) is 10.5.